The van der Waals surface area contributed by atoms with E-state index in [1.165, 1.54) is 0 Å². The van der Waals surface area contributed by atoms with Crippen molar-refractivity contribution < 1.29 is 14.7 Å². The average molecular weight is 183 g/mol. The van der Waals surface area contributed by atoms with E-state index < -0.39 is 11.3 Å². The van der Waals surface area contributed by atoms with E-state index in [0.717, 1.165) is 6.08 Å². The lowest BCUT2D eigenvalue weighted by Gasteiger charge is -2.30. The fourth-order valence-corrected chi connectivity index (χ4v) is 1.63. The molecule has 0 radical (unpaired) electrons. The number of carbonyl (C=O) groups is 2. The number of ketones is 1. The van der Waals surface area contributed by atoms with Gasteiger partial charge in [-0.15, -0.1) is 0 Å². The van der Waals surface area contributed by atoms with Crippen LogP contribution in [0.4, 0.5) is 0 Å². The molecule has 0 aromatic rings. The lowest BCUT2D eigenvalue weighted by molar-refractivity contribution is -0.133. The molecule has 0 saturated heterocycles. The van der Waals surface area contributed by atoms with E-state index in [2.05, 4.69) is 0 Å². The van der Waals surface area contributed by atoms with E-state index >= 15 is 0 Å². The fourth-order valence-electron chi connectivity index (χ4n) is 1.63. The third-order valence-corrected chi connectivity index (χ3v) is 2.56. The van der Waals surface area contributed by atoms with Crippen LogP contribution in [0.25, 0.3) is 0 Å². The fraction of sp³-hybridized carbons (Fsp3) is 0.556. The predicted octanol–water partition coefficient (Wildman–Crippen LogP) is 0.673. The predicted molar refractivity (Wildman–Crippen MR) is 46.9 cm³/mol. The first-order valence-corrected chi connectivity index (χ1v) is 4.22. The van der Waals surface area contributed by atoms with Crippen molar-refractivity contribution in [2.75, 3.05) is 0 Å². The van der Waals surface area contributed by atoms with Crippen molar-refractivity contribution in [3.05, 3.63) is 11.8 Å². The standard InChI is InChI=1S/C9H13NO3/c1-2-9(8(10)13)4-6(11)3-7(12)5-9/h3,11H,2,4-5H2,1H3,(H2,10,13). The molecular weight excluding hydrogens is 170 g/mol. The van der Waals surface area contributed by atoms with E-state index in [1.54, 1.807) is 6.92 Å². The maximum atomic E-state index is 11.1. The van der Waals surface area contributed by atoms with Crippen molar-refractivity contribution in [2.24, 2.45) is 11.1 Å². The monoisotopic (exact) mass is 183 g/mol. The molecule has 1 aliphatic rings. The molecule has 0 spiro atoms. The molecule has 0 bridgehead atoms. The molecule has 1 rings (SSSR count). The van der Waals surface area contributed by atoms with Gasteiger partial charge in [-0.2, -0.15) is 0 Å². The van der Waals surface area contributed by atoms with Crippen LogP contribution in [0.5, 0.6) is 0 Å². The van der Waals surface area contributed by atoms with E-state index in [0.29, 0.717) is 6.42 Å². The number of amides is 1. The first-order chi connectivity index (χ1) is 6.00. The maximum Gasteiger partial charge on any atom is 0.224 e. The Hall–Kier alpha value is -1.32. The molecule has 4 nitrogen and oxygen atoms in total. The molecular formula is C9H13NO3. The molecule has 0 aromatic heterocycles. The third kappa shape index (κ3) is 1.71. The summed E-state index contributed by atoms with van der Waals surface area (Å²) in [6.45, 7) is 1.79. The number of primary amides is 1. The van der Waals surface area contributed by atoms with Crippen LogP contribution in [0.3, 0.4) is 0 Å². The van der Waals surface area contributed by atoms with E-state index in [1.807, 2.05) is 0 Å². The zero-order chi connectivity index (χ0) is 10.1. The summed E-state index contributed by atoms with van der Waals surface area (Å²) >= 11 is 0. The van der Waals surface area contributed by atoms with Crippen LogP contribution in [0, 0.1) is 5.41 Å². The van der Waals surface area contributed by atoms with E-state index in [4.69, 9.17) is 5.73 Å². The molecule has 13 heavy (non-hydrogen) atoms. The van der Waals surface area contributed by atoms with E-state index in [-0.39, 0.29) is 24.4 Å². The molecule has 1 unspecified atom stereocenters. The van der Waals surface area contributed by atoms with Crippen molar-refractivity contribution in [3.63, 3.8) is 0 Å². The minimum Gasteiger partial charge on any atom is -0.512 e. The molecule has 72 valence electrons. The Morgan fingerprint density at radius 2 is 2.31 bits per heavy atom. The van der Waals surface area contributed by atoms with Gasteiger partial charge in [0.2, 0.25) is 5.91 Å². The van der Waals surface area contributed by atoms with Crippen LogP contribution in [0.2, 0.25) is 0 Å². The summed E-state index contributed by atoms with van der Waals surface area (Å²) in [5.41, 5.74) is 4.34. The van der Waals surface area contributed by atoms with Gasteiger partial charge in [-0.05, 0) is 6.42 Å². The minimum atomic E-state index is -0.865. The lowest BCUT2D eigenvalue weighted by Crippen LogP contribution is -2.40. The smallest absolute Gasteiger partial charge is 0.224 e. The van der Waals surface area contributed by atoms with Crippen LogP contribution in [-0.4, -0.2) is 16.8 Å². The third-order valence-electron chi connectivity index (χ3n) is 2.56. The Kier molecular flexibility index (Phi) is 2.40. The first-order valence-electron chi connectivity index (χ1n) is 4.22. The summed E-state index contributed by atoms with van der Waals surface area (Å²) in [6.07, 6.45) is 1.94. The van der Waals surface area contributed by atoms with Gasteiger partial charge in [0.15, 0.2) is 5.78 Å². The molecule has 0 aromatic carbocycles. The van der Waals surface area contributed by atoms with Gasteiger partial charge in [-0.25, -0.2) is 0 Å². The maximum absolute atomic E-state index is 11.1. The van der Waals surface area contributed by atoms with Gasteiger partial charge in [-0.3, -0.25) is 9.59 Å². The second-order valence-electron chi connectivity index (χ2n) is 3.45. The normalized spacial score (nSPS) is 28.4. The Balaban J connectivity index is 2.98. The summed E-state index contributed by atoms with van der Waals surface area (Å²) in [6, 6.07) is 0. The van der Waals surface area contributed by atoms with Gasteiger partial charge < -0.3 is 10.8 Å². The summed E-state index contributed by atoms with van der Waals surface area (Å²) in [4.78, 5) is 22.2. The molecule has 0 saturated carbocycles. The number of aliphatic hydroxyl groups is 1. The van der Waals surface area contributed by atoms with Crippen LogP contribution >= 0.6 is 0 Å². The zero-order valence-electron chi connectivity index (χ0n) is 7.54. The van der Waals surface area contributed by atoms with Gasteiger partial charge in [0, 0.05) is 18.9 Å². The Morgan fingerprint density at radius 1 is 1.69 bits per heavy atom. The largest absolute Gasteiger partial charge is 0.512 e. The highest BCUT2D eigenvalue weighted by Gasteiger charge is 2.40. The number of aliphatic hydroxyl groups excluding tert-OH is 1. The van der Waals surface area contributed by atoms with Crippen molar-refractivity contribution in [3.8, 4) is 0 Å². The lowest BCUT2D eigenvalue weighted by atomic mass is 9.73. The highest BCUT2D eigenvalue weighted by atomic mass is 16.3. The summed E-state index contributed by atoms with van der Waals surface area (Å²) in [5.74, 6) is -0.788. The SMILES string of the molecule is CCC1(C(N)=O)CC(=O)C=C(O)C1. The van der Waals surface area contributed by atoms with Gasteiger partial charge in [0.1, 0.15) is 0 Å². The van der Waals surface area contributed by atoms with Crippen LogP contribution in [0.15, 0.2) is 11.8 Å². The minimum absolute atomic E-state index is 0.0445. The molecule has 0 heterocycles. The number of allylic oxidation sites excluding steroid dienone is 2. The second-order valence-corrected chi connectivity index (χ2v) is 3.45. The van der Waals surface area contributed by atoms with Gasteiger partial charge >= 0.3 is 0 Å². The van der Waals surface area contributed by atoms with Gasteiger partial charge in [0.05, 0.1) is 11.2 Å². The van der Waals surface area contributed by atoms with Crippen LogP contribution in [-0.2, 0) is 9.59 Å². The Labute approximate surface area is 76.4 Å². The summed E-state index contributed by atoms with van der Waals surface area (Å²) in [5, 5.41) is 9.23. The number of hydrogen-bond donors (Lipinski definition) is 2. The van der Waals surface area contributed by atoms with Gasteiger partial charge in [0.25, 0.3) is 0 Å². The molecule has 1 aliphatic carbocycles. The number of nitrogens with two attached hydrogens (primary N) is 1. The zero-order valence-corrected chi connectivity index (χ0v) is 7.54. The topological polar surface area (TPSA) is 80.4 Å². The van der Waals surface area contributed by atoms with Crippen LogP contribution < -0.4 is 5.73 Å². The van der Waals surface area contributed by atoms with Crippen molar-refractivity contribution in [1.29, 1.82) is 0 Å². The van der Waals surface area contributed by atoms with Crippen LogP contribution in [0.1, 0.15) is 26.2 Å². The highest BCUT2D eigenvalue weighted by molar-refractivity contribution is 5.96. The van der Waals surface area contributed by atoms with E-state index in [9.17, 15) is 14.7 Å². The Morgan fingerprint density at radius 3 is 2.69 bits per heavy atom. The molecule has 1 amide bonds. The number of carbonyl (C=O) groups excluding carboxylic acids is 2. The average Bonchev–Trinajstić information content (AvgIpc) is 2.02. The molecule has 3 N–H and O–H groups in total. The summed E-state index contributed by atoms with van der Waals surface area (Å²) < 4.78 is 0. The Bertz CT molecular complexity index is 283. The molecule has 1 atom stereocenters. The molecule has 0 aliphatic heterocycles. The highest BCUT2D eigenvalue weighted by Crippen LogP contribution is 2.36. The molecule has 0 fully saturated rings. The number of hydrogen-bond acceptors (Lipinski definition) is 3. The summed E-state index contributed by atoms with van der Waals surface area (Å²) in [7, 11) is 0. The quantitative estimate of drug-likeness (QED) is 0.660. The van der Waals surface area contributed by atoms with Crippen molar-refractivity contribution in [2.45, 2.75) is 26.2 Å². The van der Waals surface area contributed by atoms with Crippen molar-refractivity contribution >= 4 is 11.7 Å². The number of rotatable bonds is 2. The van der Waals surface area contributed by atoms with Gasteiger partial charge in [-0.1, -0.05) is 6.92 Å². The second kappa shape index (κ2) is 3.20. The van der Waals surface area contributed by atoms with Crippen molar-refractivity contribution in [1.82, 2.24) is 0 Å². The first kappa shape index (κ1) is 9.77. The molecule has 4 heteroatoms.